The number of amides is 1. The van der Waals surface area contributed by atoms with Gasteiger partial charge in [0.15, 0.2) is 5.13 Å². The number of thiophene rings is 1. The highest BCUT2D eigenvalue weighted by Gasteiger charge is 2.15. The van der Waals surface area contributed by atoms with Crippen molar-refractivity contribution in [2.24, 2.45) is 0 Å². The van der Waals surface area contributed by atoms with Gasteiger partial charge in [-0.1, -0.05) is 29.8 Å². The minimum Gasteiger partial charge on any atom is -0.297 e. The minimum absolute atomic E-state index is 0.101. The van der Waals surface area contributed by atoms with E-state index >= 15 is 0 Å². The summed E-state index contributed by atoms with van der Waals surface area (Å²) in [6.45, 7) is 3.88. The first kappa shape index (κ1) is 16.2. The van der Waals surface area contributed by atoms with Crippen LogP contribution in [0.1, 0.15) is 31.4 Å². The van der Waals surface area contributed by atoms with Gasteiger partial charge in [-0.15, -0.1) is 22.7 Å². The smallest absolute Gasteiger partial charge is 0.267 e. The van der Waals surface area contributed by atoms with Crippen molar-refractivity contribution in [2.75, 3.05) is 5.32 Å². The monoisotopic (exact) mass is 362 g/mol. The molecule has 0 fully saturated rings. The Morgan fingerprint density at radius 1 is 1.26 bits per heavy atom. The lowest BCUT2D eigenvalue weighted by Gasteiger charge is -2.02. The fourth-order valence-electron chi connectivity index (χ4n) is 2.22. The van der Waals surface area contributed by atoms with E-state index in [9.17, 15) is 4.79 Å². The number of thiazole rings is 1. The van der Waals surface area contributed by atoms with Gasteiger partial charge in [-0.05, 0) is 42.5 Å². The number of aromatic nitrogens is 1. The molecule has 1 amide bonds. The molecule has 118 valence electrons. The molecule has 0 spiro atoms. The quantitative estimate of drug-likeness (QED) is 0.682. The fourth-order valence-corrected chi connectivity index (χ4v) is 4.22. The number of hydrogen-bond acceptors (Lipinski definition) is 4. The molecule has 0 radical (unpaired) electrons. The Balaban J connectivity index is 1.77. The van der Waals surface area contributed by atoms with Crippen molar-refractivity contribution in [1.82, 2.24) is 4.98 Å². The van der Waals surface area contributed by atoms with Gasteiger partial charge in [-0.2, -0.15) is 0 Å². The molecule has 3 nitrogen and oxygen atoms in total. The third-order valence-electron chi connectivity index (χ3n) is 3.49. The van der Waals surface area contributed by atoms with Gasteiger partial charge in [0.25, 0.3) is 5.91 Å². The lowest BCUT2D eigenvalue weighted by atomic mass is 10.1. The third-order valence-corrected chi connectivity index (χ3v) is 5.95. The van der Waals surface area contributed by atoms with Crippen LogP contribution in [-0.2, 0) is 6.42 Å². The predicted octanol–water partition coefficient (Wildman–Crippen LogP) is 5.32. The zero-order valence-electron chi connectivity index (χ0n) is 12.7. The van der Waals surface area contributed by atoms with Gasteiger partial charge >= 0.3 is 0 Å². The molecule has 0 unspecified atom stereocenters. The number of nitrogens with one attached hydrogen (secondary N) is 1. The molecular formula is C17H15ClN2OS2. The molecule has 2 aromatic heterocycles. The summed E-state index contributed by atoms with van der Waals surface area (Å²) in [5, 5.41) is 6.19. The first-order valence-corrected chi connectivity index (χ1v) is 9.17. The maximum absolute atomic E-state index is 12.3. The number of anilines is 1. The van der Waals surface area contributed by atoms with Crippen LogP contribution >= 0.6 is 34.3 Å². The summed E-state index contributed by atoms with van der Waals surface area (Å²) in [5.74, 6) is -0.101. The molecule has 2 heterocycles. The van der Waals surface area contributed by atoms with Crippen molar-refractivity contribution >= 4 is 45.3 Å². The molecule has 0 aliphatic rings. The van der Waals surface area contributed by atoms with Gasteiger partial charge in [0.1, 0.15) is 0 Å². The molecule has 1 aromatic carbocycles. The maximum Gasteiger partial charge on any atom is 0.267 e. The molecule has 23 heavy (non-hydrogen) atoms. The van der Waals surface area contributed by atoms with E-state index in [4.69, 9.17) is 11.6 Å². The van der Waals surface area contributed by atoms with Crippen LogP contribution in [0.3, 0.4) is 0 Å². The number of carbonyl (C=O) groups excluding carboxylic acids is 1. The summed E-state index contributed by atoms with van der Waals surface area (Å²) in [6, 6.07) is 9.72. The highest BCUT2D eigenvalue weighted by Crippen LogP contribution is 2.28. The van der Waals surface area contributed by atoms with Gasteiger partial charge in [0.2, 0.25) is 0 Å². The van der Waals surface area contributed by atoms with Crippen molar-refractivity contribution in [3.05, 3.63) is 67.3 Å². The van der Waals surface area contributed by atoms with E-state index in [-0.39, 0.29) is 5.91 Å². The SMILES string of the molecule is Cc1ccsc1C(=O)Nc1nc(C)c(Cc2ccccc2Cl)s1. The average Bonchev–Trinajstić information content (AvgIpc) is 3.08. The van der Waals surface area contributed by atoms with E-state index in [2.05, 4.69) is 10.3 Å². The molecule has 0 aliphatic heterocycles. The number of aryl methyl sites for hydroxylation is 2. The van der Waals surface area contributed by atoms with Gasteiger partial charge in [0, 0.05) is 16.3 Å². The number of nitrogens with zero attached hydrogens (tertiary/aromatic N) is 1. The fraction of sp³-hybridized carbons (Fsp3) is 0.176. The second-order valence-electron chi connectivity index (χ2n) is 5.18. The first-order valence-electron chi connectivity index (χ1n) is 7.09. The molecule has 0 atom stereocenters. The van der Waals surface area contributed by atoms with Crippen molar-refractivity contribution in [1.29, 1.82) is 0 Å². The third kappa shape index (κ3) is 3.63. The van der Waals surface area contributed by atoms with Crippen LogP contribution in [-0.4, -0.2) is 10.9 Å². The summed E-state index contributed by atoms with van der Waals surface area (Å²) in [4.78, 5) is 18.6. The predicted molar refractivity (Wildman–Crippen MR) is 98.1 cm³/mol. The average molecular weight is 363 g/mol. The summed E-state index contributed by atoms with van der Waals surface area (Å²) < 4.78 is 0. The molecule has 0 saturated heterocycles. The normalized spacial score (nSPS) is 10.7. The first-order chi connectivity index (χ1) is 11.0. The van der Waals surface area contributed by atoms with Crippen molar-refractivity contribution < 1.29 is 4.79 Å². The lowest BCUT2D eigenvalue weighted by molar-refractivity contribution is 0.103. The van der Waals surface area contributed by atoms with Gasteiger partial charge < -0.3 is 0 Å². The number of halogens is 1. The zero-order chi connectivity index (χ0) is 16.4. The molecule has 0 saturated carbocycles. The molecule has 3 aromatic rings. The van der Waals surface area contributed by atoms with Crippen LogP contribution in [0.4, 0.5) is 5.13 Å². The van der Waals surface area contributed by atoms with E-state index in [1.54, 1.807) is 0 Å². The molecular weight excluding hydrogens is 348 g/mol. The lowest BCUT2D eigenvalue weighted by Crippen LogP contribution is -2.10. The topological polar surface area (TPSA) is 42.0 Å². The van der Waals surface area contributed by atoms with Crippen molar-refractivity contribution in [3.8, 4) is 0 Å². The molecule has 3 rings (SSSR count). The Morgan fingerprint density at radius 3 is 2.74 bits per heavy atom. The van der Waals surface area contributed by atoms with E-state index in [1.807, 2.05) is 49.6 Å². The molecule has 1 N–H and O–H groups in total. The van der Waals surface area contributed by atoms with Crippen LogP contribution in [0.2, 0.25) is 5.02 Å². The molecule has 0 bridgehead atoms. The Labute approximate surface area is 148 Å². The Morgan fingerprint density at radius 2 is 2.04 bits per heavy atom. The minimum atomic E-state index is -0.101. The highest BCUT2D eigenvalue weighted by atomic mass is 35.5. The Kier molecular flexibility index (Phi) is 4.80. The van der Waals surface area contributed by atoms with Crippen LogP contribution in [0.25, 0.3) is 0 Å². The van der Waals surface area contributed by atoms with E-state index < -0.39 is 0 Å². The number of hydrogen-bond donors (Lipinski definition) is 1. The standard InChI is InChI=1S/C17H15ClN2OS2/c1-10-7-8-22-15(10)16(21)20-17-19-11(2)14(23-17)9-12-5-3-4-6-13(12)18/h3-8H,9H2,1-2H3,(H,19,20,21). The van der Waals surface area contributed by atoms with Crippen molar-refractivity contribution in [3.63, 3.8) is 0 Å². The van der Waals surface area contributed by atoms with Crippen LogP contribution in [0.5, 0.6) is 0 Å². The van der Waals surface area contributed by atoms with Gasteiger partial charge in [-0.3, -0.25) is 10.1 Å². The van der Waals surface area contributed by atoms with Crippen LogP contribution in [0, 0.1) is 13.8 Å². The summed E-state index contributed by atoms with van der Waals surface area (Å²) in [5.41, 5.74) is 2.97. The Bertz CT molecular complexity index is 854. The number of rotatable bonds is 4. The zero-order valence-corrected chi connectivity index (χ0v) is 15.1. The summed E-state index contributed by atoms with van der Waals surface area (Å²) in [6.07, 6.45) is 0.719. The second-order valence-corrected chi connectivity index (χ2v) is 7.59. The largest absolute Gasteiger partial charge is 0.297 e. The second kappa shape index (κ2) is 6.83. The molecule has 0 aliphatic carbocycles. The van der Waals surface area contributed by atoms with Crippen LogP contribution in [0.15, 0.2) is 35.7 Å². The van der Waals surface area contributed by atoms with Crippen LogP contribution < -0.4 is 5.32 Å². The summed E-state index contributed by atoms with van der Waals surface area (Å²) >= 11 is 9.16. The van der Waals surface area contributed by atoms with E-state index in [1.165, 1.54) is 22.7 Å². The van der Waals surface area contributed by atoms with Gasteiger partial charge in [-0.25, -0.2) is 4.98 Å². The number of carbonyl (C=O) groups is 1. The van der Waals surface area contributed by atoms with Gasteiger partial charge in [0.05, 0.1) is 10.6 Å². The summed E-state index contributed by atoms with van der Waals surface area (Å²) in [7, 11) is 0. The van der Waals surface area contributed by atoms with E-state index in [0.29, 0.717) is 5.13 Å². The number of benzene rings is 1. The van der Waals surface area contributed by atoms with E-state index in [0.717, 1.165) is 38.0 Å². The Hall–Kier alpha value is -1.69. The highest BCUT2D eigenvalue weighted by molar-refractivity contribution is 7.16. The van der Waals surface area contributed by atoms with Crippen molar-refractivity contribution in [2.45, 2.75) is 20.3 Å². The maximum atomic E-state index is 12.3. The molecule has 6 heteroatoms.